The first-order valence-electron chi connectivity index (χ1n) is 6.45. The van der Waals surface area contributed by atoms with E-state index in [0.717, 1.165) is 23.7 Å². The lowest BCUT2D eigenvalue weighted by Crippen LogP contribution is -2.45. The molecule has 2 N–H and O–H groups in total. The minimum absolute atomic E-state index is 0.135. The molecule has 17 heavy (non-hydrogen) atoms. The van der Waals surface area contributed by atoms with Gasteiger partial charge < -0.3 is 10.5 Å². The number of nitrogens with two attached hydrogens (primary N) is 1. The Morgan fingerprint density at radius 2 is 1.88 bits per heavy atom. The lowest BCUT2D eigenvalue weighted by Gasteiger charge is -2.27. The van der Waals surface area contributed by atoms with Crippen LogP contribution in [0.25, 0.3) is 0 Å². The molecule has 0 atom stereocenters. The number of thiazole rings is 1. The molecule has 3 nitrogen and oxygen atoms in total. The molecule has 1 aromatic rings. The van der Waals surface area contributed by atoms with Gasteiger partial charge in [-0.2, -0.15) is 0 Å². The second-order valence-corrected chi connectivity index (χ2v) is 6.35. The Morgan fingerprint density at radius 1 is 1.24 bits per heavy atom. The zero-order valence-electron chi connectivity index (χ0n) is 10.8. The van der Waals surface area contributed by atoms with Crippen molar-refractivity contribution in [3.05, 3.63) is 10.6 Å². The van der Waals surface area contributed by atoms with Crippen LogP contribution < -0.4 is 10.5 Å². The first-order valence-corrected chi connectivity index (χ1v) is 7.26. The van der Waals surface area contributed by atoms with Crippen molar-refractivity contribution in [1.82, 2.24) is 4.98 Å². The maximum absolute atomic E-state index is 6.40. The Hall–Kier alpha value is -0.610. The van der Waals surface area contributed by atoms with Crippen LogP contribution in [0.15, 0.2) is 0 Å². The van der Waals surface area contributed by atoms with Crippen LogP contribution in [0, 0.1) is 13.8 Å². The van der Waals surface area contributed by atoms with Crippen molar-refractivity contribution in [3.63, 3.8) is 0 Å². The van der Waals surface area contributed by atoms with E-state index in [1.807, 2.05) is 6.92 Å². The van der Waals surface area contributed by atoms with Crippen LogP contribution in [0.2, 0.25) is 0 Å². The first kappa shape index (κ1) is 12.8. The second-order valence-electron chi connectivity index (χ2n) is 5.19. The van der Waals surface area contributed by atoms with E-state index >= 15 is 0 Å². The fraction of sp³-hybridized carbons (Fsp3) is 0.769. The third-order valence-electron chi connectivity index (χ3n) is 3.59. The fourth-order valence-corrected chi connectivity index (χ4v) is 3.04. The molecule has 0 spiro atoms. The zero-order valence-corrected chi connectivity index (χ0v) is 11.6. The minimum atomic E-state index is -0.135. The number of hydrogen-bond donors (Lipinski definition) is 1. The van der Waals surface area contributed by atoms with Gasteiger partial charge in [-0.05, 0) is 26.7 Å². The van der Waals surface area contributed by atoms with Crippen LogP contribution in [0.5, 0.6) is 5.19 Å². The lowest BCUT2D eigenvalue weighted by molar-refractivity contribution is 0.199. The van der Waals surface area contributed by atoms with E-state index in [1.165, 1.54) is 30.6 Å². The molecular weight excluding hydrogens is 232 g/mol. The van der Waals surface area contributed by atoms with Crippen molar-refractivity contribution in [2.45, 2.75) is 57.9 Å². The summed E-state index contributed by atoms with van der Waals surface area (Å²) in [6, 6.07) is 0. The van der Waals surface area contributed by atoms with Crippen molar-refractivity contribution >= 4 is 11.3 Å². The Kier molecular flexibility index (Phi) is 4.05. The first-order chi connectivity index (χ1) is 8.09. The average Bonchev–Trinajstić information content (AvgIpc) is 2.51. The molecule has 1 heterocycles. The second kappa shape index (κ2) is 5.36. The molecule has 1 aromatic heterocycles. The predicted molar refractivity (Wildman–Crippen MR) is 71.7 cm³/mol. The molecule has 4 heteroatoms. The van der Waals surface area contributed by atoms with Crippen molar-refractivity contribution in [3.8, 4) is 5.19 Å². The molecule has 1 aliphatic rings. The zero-order chi connectivity index (χ0) is 12.3. The van der Waals surface area contributed by atoms with Gasteiger partial charge in [0.15, 0.2) is 0 Å². The van der Waals surface area contributed by atoms with Gasteiger partial charge in [0.2, 0.25) is 0 Å². The van der Waals surface area contributed by atoms with Crippen LogP contribution in [0.4, 0.5) is 0 Å². The van der Waals surface area contributed by atoms with E-state index in [0.29, 0.717) is 6.61 Å². The summed E-state index contributed by atoms with van der Waals surface area (Å²) in [7, 11) is 0. The standard InChI is InChI=1S/C13H22N2OS/c1-10-11(2)17-12(15-10)16-9-13(14)7-5-3-4-6-8-13/h3-9,14H2,1-2H3. The highest BCUT2D eigenvalue weighted by Crippen LogP contribution is 2.28. The van der Waals surface area contributed by atoms with Crippen molar-refractivity contribution in [2.75, 3.05) is 6.61 Å². The number of aromatic nitrogens is 1. The monoisotopic (exact) mass is 254 g/mol. The number of rotatable bonds is 3. The number of hydrogen-bond acceptors (Lipinski definition) is 4. The topological polar surface area (TPSA) is 48.1 Å². The van der Waals surface area contributed by atoms with E-state index in [4.69, 9.17) is 10.5 Å². The Bertz CT molecular complexity index is 348. The SMILES string of the molecule is Cc1nc(OCC2(N)CCCCCC2)sc1C. The molecule has 1 saturated carbocycles. The number of nitrogens with zero attached hydrogens (tertiary/aromatic N) is 1. The summed E-state index contributed by atoms with van der Waals surface area (Å²) in [6.45, 7) is 4.70. The van der Waals surface area contributed by atoms with Gasteiger partial charge in [0.1, 0.15) is 6.61 Å². The van der Waals surface area contributed by atoms with E-state index in [1.54, 1.807) is 11.3 Å². The maximum Gasteiger partial charge on any atom is 0.273 e. The number of aryl methyl sites for hydroxylation is 2. The quantitative estimate of drug-likeness (QED) is 0.843. The smallest absolute Gasteiger partial charge is 0.273 e. The van der Waals surface area contributed by atoms with E-state index in [-0.39, 0.29) is 5.54 Å². The molecule has 1 aliphatic carbocycles. The Labute approximate surface area is 107 Å². The highest BCUT2D eigenvalue weighted by Gasteiger charge is 2.27. The van der Waals surface area contributed by atoms with Crippen LogP contribution in [-0.4, -0.2) is 17.1 Å². The molecule has 0 radical (unpaired) electrons. The average molecular weight is 254 g/mol. The van der Waals surface area contributed by atoms with Crippen molar-refractivity contribution in [1.29, 1.82) is 0 Å². The van der Waals surface area contributed by atoms with Gasteiger partial charge >= 0.3 is 0 Å². The molecule has 0 aromatic carbocycles. The van der Waals surface area contributed by atoms with Gasteiger partial charge in [0.05, 0.1) is 11.2 Å². The van der Waals surface area contributed by atoms with Gasteiger partial charge in [-0.1, -0.05) is 37.0 Å². The van der Waals surface area contributed by atoms with Crippen LogP contribution in [0.3, 0.4) is 0 Å². The Balaban J connectivity index is 1.91. The summed E-state index contributed by atoms with van der Waals surface area (Å²) < 4.78 is 5.79. The number of ether oxygens (including phenoxy) is 1. The van der Waals surface area contributed by atoms with E-state index in [2.05, 4.69) is 11.9 Å². The van der Waals surface area contributed by atoms with Gasteiger partial charge in [0.25, 0.3) is 5.19 Å². The molecule has 2 rings (SSSR count). The molecule has 1 fully saturated rings. The van der Waals surface area contributed by atoms with Crippen LogP contribution in [-0.2, 0) is 0 Å². The highest BCUT2D eigenvalue weighted by molar-refractivity contribution is 7.13. The van der Waals surface area contributed by atoms with Crippen molar-refractivity contribution < 1.29 is 4.74 Å². The summed E-state index contributed by atoms with van der Waals surface area (Å²) in [4.78, 5) is 5.62. The fourth-order valence-electron chi connectivity index (χ4n) is 2.29. The summed E-state index contributed by atoms with van der Waals surface area (Å²) in [6.07, 6.45) is 7.25. The summed E-state index contributed by atoms with van der Waals surface area (Å²) >= 11 is 1.62. The highest BCUT2D eigenvalue weighted by atomic mass is 32.1. The van der Waals surface area contributed by atoms with E-state index in [9.17, 15) is 0 Å². The molecule has 0 aliphatic heterocycles. The molecule has 0 unspecified atom stereocenters. The molecule has 96 valence electrons. The molecule has 0 saturated heterocycles. The third-order valence-corrected chi connectivity index (χ3v) is 4.58. The Morgan fingerprint density at radius 3 is 2.41 bits per heavy atom. The maximum atomic E-state index is 6.40. The largest absolute Gasteiger partial charge is 0.468 e. The molecule has 0 bridgehead atoms. The van der Waals surface area contributed by atoms with Crippen LogP contribution >= 0.6 is 11.3 Å². The van der Waals surface area contributed by atoms with Gasteiger partial charge in [0, 0.05) is 4.88 Å². The predicted octanol–water partition coefficient (Wildman–Crippen LogP) is 3.19. The summed E-state index contributed by atoms with van der Waals surface area (Å²) in [5.74, 6) is 0. The van der Waals surface area contributed by atoms with Crippen molar-refractivity contribution in [2.24, 2.45) is 5.73 Å². The van der Waals surface area contributed by atoms with Gasteiger partial charge in [-0.3, -0.25) is 0 Å². The molecular formula is C13H22N2OS. The van der Waals surface area contributed by atoms with Crippen LogP contribution in [0.1, 0.15) is 49.1 Å². The summed E-state index contributed by atoms with van der Waals surface area (Å²) in [5, 5.41) is 0.772. The normalized spacial score (nSPS) is 19.9. The van der Waals surface area contributed by atoms with Gasteiger partial charge in [-0.15, -0.1) is 0 Å². The van der Waals surface area contributed by atoms with Gasteiger partial charge in [-0.25, -0.2) is 4.98 Å². The summed E-state index contributed by atoms with van der Waals surface area (Å²) in [5.41, 5.74) is 7.34. The van der Waals surface area contributed by atoms with E-state index < -0.39 is 0 Å². The lowest BCUT2D eigenvalue weighted by atomic mass is 9.93. The minimum Gasteiger partial charge on any atom is -0.468 e. The third kappa shape index (κ3) is 3.42. The molecule has 0 amide bonds.